The molecule has 16 heteroatoms. The summed E-state index contributed by atoms with van der Waals surface area (Å²) in [6.45, 7) is 2.76. The Morgan fingerprint density at radius 1 is 0.765 bits per heavy atom. The van der Waals surface area contributed by atoms with Gasteiger partial charge < -0.3 is 14.2 Å². The molecule has 0 amide bonds. The zero-order valence-corrected chi connectivity index (χ0v) is 29.9. The molecule has 5 rings (SSSR count). The molecule has 268 valence electrons. The van der Waals surface area contributed by atoms with Crippen molar-refractivity contribution in [1.82, 2.24) is 0 Å². The Bertz CT molecular complexity index is 1870. The number of nitrogens with zero attached hydrogens (tertiary/aromatic N) is 2. The van der Waals surface area contributed by atoms with Crippen LogP contribution in [-0.4, -0.2) is 59.5 Å². The van der Waals surface area contributed by atoms with Crippen molar-refractivity contribution in [3.8, 4) is 0 Å². The van der Waals surface area contributed by atoms with Gasteiger partial charge in [-0.25, -0.2) is 4.79 Å². The fourth-order valence-electron chi connectivity index (χ4n) is 5.15. The molecule has 0 saturated carbocycles. The number of benzene rings is 4. The van der Waals surface area contributed by atoms with E-state index < -0.39 is 56.6 Å². The van der Waals surface area contributed by atoms with Gasteiger partial charge in [0.15, 0.2) is 5.79 Å². The van der Waals surface area contributed by atoms with E-state index in [9.17, 15) is 33.4 Å². The third-order valence-corrected chi connectivity index (χ3v) is 12.0. The van der Waals surface area contributed by atoms with Crippen molar-refractivity contribution in [1.29, 1.82) is 0 Å². The van der Waals surface area contributed by atoms with E-state index in [0.717, 1.165) is 47.5 Å². The average Bonchev–Trinajstić information content (AvgIpc) is 3.45. The normalized spacial score (nSPS) is 17.5. The highest BCUT2D eigenvalue weighted by atomic mass is 32.2. The Morgan fingerprint density at radius 2 is 1.24 bits per heavy atom. The Balaban J connectivity index is 1.46. The van der Waals surface area contributed by atoms with E-state index in [-0.39, 0.29) is 26.4 Å². The van der Waals surface area contributed by atoms with E-state index in [1.165, 1.54) is 12.1 Å². The molecule has 1 fully saturated rings. The third kappa shape index (κ3) is 10.4. The minimum absolute atomic E-state index is 0.00671. The maximum absolute atomic E-state index is 13.7. The predicted octanol–water partition coefficient (Wildman–Crippen LogP) is 7.15. The van der Waals surface area contributed by atoms with Gasteiger partial charge in [-0.3, -0.25) is 24.4 Å². The lowest BCUT2D eigenvalue weighted by molar-refractivity contribution is -0.385. The Labute approximate surface area is 303 Å². The van der Waals surface area contributed by atoms with Gasteiger partial charge in [0.25, 0.3) is 21.5 Å². The van der Waals surface area contributed by atoms with Crippen molar-refractivity contribution in [2.75, 3.05) is 6.61 Å². The SMILES string of the molecule is CC1(C)O[C@H]([C@@H](COC(=O)c2ccc([N+](=O)[O-])cc2)OS(=O)(=O)c2ccc([N+](=O)[O-])cc2)[C@@H](C(SCc2ccccc2)SCc2ccccc2)O1. The monoisotopic (exact) mass is 754 g/mol. The van der Waals surface area contributed by atoms with Crippen LogP contribution in [-0.2, 0) is 40.0 Å². The number of hydrogen-bond acceptors (Lipinski definition) is 13. The number of esters is 1. The van der Waals surface area contributed by atoms with Crippen LogP contribution in [0.25, 0.3) is 0 Å². The molecule has 1 heterocycles. The highest BCUT2D eigenvalue weighted by Crippen LogP contribution is 2.43. The molecule has 4 aromatic rings. The number of thioether (sulfide) groups is 2. The maximum atomic E-state index is 13.7. The second-order valence-corrected chi connectivity index (χ2v) is 15.9. The van der Waals surface area contributed by atoms with Crippen LogP contribution in [0, 0.1) is 20.2 Å². The summed E-state index contributed by atoms with van der Waals surface area (Å²) >= 11 is 3.17. The van der Waals surface area contributed by atoms with Gasteiger partial charge in [-0.05, 0) is 49.2 Å². The Hall–Kier alpha value is -4.32. The molecule has 1 aliphatic heterocycles. The number of carbonyl (C=O) groups excluding carboxylic acids is 1. The van der Waals surface area contributed by atoms with E-state index in [0.29, 0.717) is 11.5 Å². The summed E-state index contributed by atoms with van der Waals surface area (Å²) < 4.78 is 51.1. The fraction of sp³-hybridized carbons (Fsp3) is 0.286. The molecule has 0 bridgehead atoms. The van der Waals surface area contributed by atoms with Crippen LogP contribution in [0.15, 0.2) is 114 Å². The van der Waals surface area contributed by atoms with E-state index in [2.05, 4.69) is 0 Å². The van der Waals surface area contributed by atoms with Crippen LogP contribution in [0.5, 0.6) is 0 Å². The van der Waals surface area contributed by atoms with Crippen LogP contribution in [0.3, 0.4) is 0 Å². The number of nitro groups is 2. The molecule has 0 spiro atoms. The largest absolute Gasteiger partial charge is 0.459 e. The van der Waals surface area contributed by atoms with Crippen LogP contribution in [0.2, 0.25) is 0 Å². The second kappa shape index (κ2) is 16.8. The summed E-state index contributed by atoms with van der Waals surface area (Å²) in [7, 11) is -4.60. The van der Waals surface area contributed by atoms with Crippen LogP contribution in [0.4, 0.5) is 11.4 Å². The van der Waals surface area contributed by atoms with Gasteiger partial charge in [0.1, 0.15) is 24.9 Å². The van der Waals surface area contributed by atoms with E-state index >= 15 is 0 Å². The number of hydrogen-bond donors (Lipinski definition) is 0. The zero-order chi connectivity index (χ0) is 36.6. The lowest BCUT2D eigenvalue weighted by atomic mass is 10.1. The predicted molar refractivity (Wildman–Crippen MR) is 192 cm³/mol. The van der Waals surface area contributed by atoms with Gasteiger partial charge in [-0.15, -0.1) is 23.5 Å². The Kier molecular flexibility index (Phi) is 12.5. The highest BCUT2D eigenvalue weighted by molar-refractivity contribution is 8.16. The van der Waals surface area contributed by atoms with Crippen LogP contribution < -0.4 is 0 Å². The fourth-order valence-corrected chi connectivity index (χ4v) is 8.91. The lowest BCUT2D eigenvalue weighted by Gasteiger charge is -2.30. The number of ether oxygens (including phenoxy) is 3. The molecule has 13 nitrogen and oxygen atoms in total. The first-order valence-electron chi connectivity index (χ1n) is 15.6. The molecule has 0 N–H and O–H groups in total. The highest BCUT2D eigenvalue weighted by Gasteiger charge is 2.51. The summed E-state index contributed by atoms with van der Waals surface area (Å²) in [4.78, 5) is 33.8. The number of rotatable bonds is 16. The van der Waals surface area contributed by atoms with Gasteiger partial charge in [-0.2, -0.15) is 8.42 Å². The van der Waals surface area contributed by atoms with Crippen molar-refractivity contribution in [3.63, 3.8) is 0 Å². The second-order valence-electron chi connectivity index (χ2n) is 11.8. The molecule has 0 unspecified atom stereocenters. The molecular formula is C35H34N2O11S3. The van der Waals surface area contributed by atoms with Crippen molar-refractivity contribution < 1.29 is 41.5 Å². The van der Waals surface area contributed by atoms with Crippen molar-refractivity contribution in [2.45, 2.75) is 58.9 Å². The van der Waals surface area contributed by atoms with Gasteiger partial charge in [-0.1, -0.05) is 60.7 Å². The van der Waals surface area contributed by atoms with Crippen molar-refractivity contribution >= 4 is 51.0 Å². The van der Waals surface area contributed by atoms with Crippen molar-refractivity contribution in [2.24, 2.45) is 0 Å². The van der Waals surface area contributed by atoms with E-state index in [4.69, 9.17) is 18.4 Å². The molecule has 1 aliphatic rings. The summed E-state index contributed by atoms with van der Waals surface area (Å²) in [6.07, 6.45) is -3.32. The molecule has 51 heavy (non-hydrogen) atoms. The first kappa shape index (κ1) is 37.9. The average molecular weight is 755 g/mol. The van der Waals surface area contributed by atoms with Gasteiger partial charge in [0.05, 0.1) is 24.9 Å². The third-order valence-electron chi connectivity index (χ3n) is 7.59. The number of carbonyl (C=O) groups is 1. The zero-order valence-electron chi connectivity index (χ0n) is 27.4. The first-order chi connectivity index (χ1) is 24.3. The summed E-state index contributed by atoms with van der Waals surface area (Å²) in [5, 5.41) is 22.3. The summed E-state index contributed by atoms with van der Waals surface area (Å²) in [5.41, 5.74) is 1.58. The molecule has 3 atom stereocenters. The first-order valence-corrected chi connectivity index (χ1v) is 19.1. The van der Waals surface area contributed by atoms with Crippen LogP contribution >= 0.6 is 23.5 Å². The topological polar surface area (TPSA) is 174 Å². The van der Waals surface area contributed by atoms with Gasteiger partial charge in [0.2, 0.25) is 0 Å². The molecule has 0 aromatic heterocycles. The molecule has 0 aliphatic carbocycles. The molecular weight excluding hydrogens is 721 g/mol. The van der Waals surface area contributed by atoms with Crippen LogP contribution in [0.1, 0.15) is 35.3 Å². The minimum atomic E-state index is -4.60. The standard InChI is InChI=1S/C35H34N2O11S3/c1-35(2)46-31(32(47-35)34(49-22-24-9-5-3-6-10-24)50-23-25-11-7-4-8-12-25)30(21-45-33(38)26-13-15-27(16-14-26)36(39)40)48-51(43,44)29-19-17-28(18-20-29)37(41)42/h3-20,30-32,34H,21-23H2,1-2H3/t30-,31-,32+/m1/s1. The lowest BCUT2D eigenvalue weighted by Crippen LogP contribution is -2.45. The summed E-state index contributed by atoms with van der Waals surface area (Å²) in [6, 6.07) is 28.5. The minimum Gasteiger partial charge on any atom is -0.459 e. The number of non-ortho nitro benzene ring substituents is 2. The van der Waals surface area contributed by atoms with Gasteiger partial charge >= 0.3 is 5.97 Å². The Morgan fingerprint density at radius 3 is 1.73 bits per heavy atom. The van der Waals surface area contributed by atoms with E-state index in [1.807, 2.05) is 60.7 Å². The van der Waals surface area contributed by atoms with Gasteiger partial charge in [0, 0.05) is 35.8 Å². The summed E-state index contributed by atoms with van der Waals surface area (Å²) in [5.74, 6) is -0.881. The number of nitro benzene ring substituents is 2. The molecule has 0 radical (unpaired) electrons. The quantitative estimate of drug-likeness (QED) is 0.0371. The van der Waals surface area contributed by atoms with E-state index in [1.54, 1.807) is 37.4 Å². The smallest absolute Gasteiger partial charge is 0.338 e. The molecule has 1 saturated heterocycles. The van der Waals surface area contributed by atoms with Crippen molar-refractivity contribution in [3.05, 3.63) is 146 Å². The maximum Gasteiger partial charge on any atom is 0.338 e. The molecule has 4 aromatic carbocycles.